The molecule has 2 heterocycles. The van der Waals surface area contributed by atoms with Crippen LogP contribution >= 0.6 is 0 Å². The number of nitro groups is 1. The number of nitrogens with zero attached hydrogens (tertiary/aromatic N) is 3. The third-order valence-electron chi connectivity index (χ3n) is 2.84. The van der Waals surface area contributed by atoms with Crippen LogP contribution in [0.4, 0.5) is 5.69 Å². The first-order valence-corrected chi connectivity index (χ1v) is 7.87. The Labute approximate surface area is 115 Å². The Morgan fingerprint density at radius 1 is 1.60 bits per heavy atom. The van der Waals surface area contributed by atoms with Crippen LogP contribution in [0.1, 0.15) is 31.2 Å². The van der Waals surface area contributed by atoms with Crippen molar-refractivity contribution in [1.29, 1.82) is 0 Å². The maximum Gasteiger partial charge on any atom is 0.312 e. The summed E-state index contributed by atoms with van der Waals surface area (Å²) < 4.78 is 33.3. The lowest BCUT2D eigenvalue weighted by Crippen LogP contribution is -2.18. The van der Waals surface area contributed by atoms with Crippen LogP contribution in [0.15, 0.2) is 6.20 Å². The van der Waals surface area contributed by atoms with Crippen molar-refractivity contribution in [2.24, 2.45) is 0 Å². The monoisotopic (exact) mass is 305 g/mol. The summed E-state index contributed by atoms with van der Waals surface area (Å²) in [5.74, 6) is 0. The first-order chi connectivity index (χ1) is 9.37. The number of hydrogen-bond acceptors (Lipinski definition) is 7. The largest absolute Gasteiger partial charge is 0.357 e. The topological polar surface area (TPSA) is 114 Å². The third-order valence-corrected chi connectivity index (χ3v) is 3.39. The lowest BCUT2D eigenvalue weighted by molar-refractivity contribution is -0.386. The molecule has 1 aliphatic heterocycles. The van der Waals surface area contributed by atoms with Gasteiger partial charge in [-0.2, -0.15) is 13.5 Å². The first-order valence-electron chi connectivity index (χ1n) is 6.05. The van der Waals surface area contributed by atoms with Crippen LogP contribution in [0.2, 0.25) is 0 Å². The maximum absolute atomic E-state index is 10.9. The zero-order valence-corrected chi connectivity index (χ0v) is 11.7. The summed E-state index contributed by atoms with van der Waals surface area (Å²) in [6.07, 6.45) is 4.38. The molecule has 20 heavy (non-hydrogen) atoms. The molecule has 9 nitrogen and oxygen atoms in total. The molecular weight excluding hydrogens is 290 g/mol. The van der Waals surface area contributed by atoms with Gasteiger partial charge in [0, 0.05) is 6.61 Å². The fourth-order valence-electron chi connectivity index (χ4n) is 1.92. The van der Waals surface area contributed by atoms with E-state index in [9.17, 15) is 18.5 Å². The minimum Gasteiger partial charge on any atom is -0.357 e. The fraction of sp³-hybridized carbons (Fsp3) is 0.700. The molecule has 1 aromatic heterocycles. The van der Waals surface area contributed by atoms with Gasteiger partial charge >= 0.3 is 5.69 Å². The minimum absolute atomic E-state index is 0.0328. The van der Waals surface area contributed by atoms with E-state index in [2.05, 4.69) is 9.28 Å². The van der Waals surface area contributed by atoms with Gasteiger partial charge in [-0.25, -0.2) is 4.68 Å². The summed E-state index contributed by atoms with van der Waals surface area (Å²) in [6, 6.07) is 0. The molecule has 0 N–H and O–H groups in total. The molecule has 1 fully saturated rings. The van der Waals surface area contributed by atoms with Crippen LogP contribution in [-0.4, -0.2) is 36.0 Å². The summed E-state index contributed by atoms with van der Waals surface area (Å²) in [5.41, 5.74) is -0.308. The van der Waals surface area contributed by atoms with Gasteiger partial charge in [0.05, 0.1) is 11.2 Å². The molecule has 1 saturated heterocycles. The van der Waals surface area contributed by atoms with E-state index in [0.29, 0.717) is 13.0 Å². The van der Waals surface area contributed by atoms with E-state index < -0.39 is 21.6 Å². The van der Waals surface area contributed by atoms with Gasteiger partial charge in [-0.05, 0) is 19.3 Å². The van der Waals surface area contributed by atoms with E-state index in [0.717, 1.165) is 19.1 Å². The quantitative estimate of drug-likeness (QED) is 0.452. The zero-order valence-electron chi connectivity index (χ0n) is 10.9. The van der Waals surface area contributed by atoms with Crippen molar-refractivity contribution in [2.75, 3.05) is 12.9 Å². The van der Waals surface area contributed by atoms with Crippen LogP contribution in [0, 0.1) is 10.1 Å². The van der Waals surface area contributed by atoms with Crippen molar-refractivity contribution in [3.63, 3.8) is 0 Å². The number of rotatable bonds is 5. The maximum atomic E-state index is 10.9. The molecule has 0 radical (unpaired) electrons. The average Bonchev–Trinajstić information content (AvgIpc) is 2.81. The van der Waals surface area contributed by atoms with Gasteiger partial charge in [-0.3, -0.25) is 14.3 Å². The van der Waals surface area contributed by atoms with Gasteiger partial charge in [-0.15, -0.1) is 0 Å². The predicted octanol–water partition coefficient (Wildman–Crippen LogP) is 0.967. The molecule has 1 aromatic rings. The second-order valence-electron chi connectivity index (χ2n) is 4.49. The van der Waals surface area contributed by atoms with Crippen molar-refractivity contribution in [3.8, 4) is 0 Å². The van der Waals surface area contributed by atoms with E-state index in [1.165, 1.54) is 10.9 Å². The van der Waals surface area contributed by atoms with Crippen molar-refractivity contribution in [1.82, 2.24) is 9.78 Å². The molecule has 1 unspecified atom stereocenters. The molecule has 0 aromatic carbocycles. The van der Waals surface area contributed by atoms with Gasteiger partial charge in [0.2, 0.25) is 0 Å². The number of aromatic nitrogens is 2. The van der Waals surface area contributed by atoms with Crippen LogP contribution in [0.5, 0.6) is 0 Å². The summed E-state index contributed by atoms with van der Waals surface area (Å²) in [4.78, 5) is 10.3. The lowest BCUT2D eigenvalue weighted by Gasteiger charge is -2.22. The molecule has 0 spiro atoms. The SMILES string of the molecule is CS(=O)(=O)OCc1nn(C2CCCCO2)cc1[N+](=O)[O-]. The number of hydrogen-bond donors (Lipinski definition) is 0. The van der Waals surface area contributed by atoms with Crippen LogP contribution in [-0.2, 0) is 25.6 Å². The molecule has 112 valence electrons. The highest BCUT2D eigenvalue weighted by Gasteiger charge is 2.25. The second-order valence-corrected chi connectivity index (χ2v) is 6.13. The van der Waals surface area contributed by atoms with Crippen molar-refractivity contribution in [3.05, 3.63) is 22.0 Å². The average molecular weight is 305 g/mol. The van der Waals surface area contributed by atoms with Gasteiger partial charge in [0.1, 0.15) is 19.0 Å². The molecule has 1 atom stereocenters. The predicted molar refractivity (Wildman–Crippen MR) is 67.4 cm³/mol. The highest BCUT2D eigenvalue weighted by molar-refractivity contribution is 7.85. The van der Waals surface area contributed by atoms with Crippen molar-refractivity contribution in [2.45, 2.75) is 32.1 Å². The third kappa shape index (κ3) is 3.74. The van der Waals surface area contributed by atoms with E-state index >= 15 is 0 Å². The van der Waals surface area contributed by atoms with Crippen LogP contribution in [0.25, 0.3) is 0 Å². The summed E-state index contributed by atoms with van der Waals surface area (Å²) in [6.45, 7) is 0.113. The molecule has 10 heteroatoms. The Balaban J connectivity index is 2.21. The Hall–Kier alpha value is -1.52. The van der Waals surface area contributed by atoms with E-state index in [4.69, 9.17) is 4.74 Å². The number of ether oxygens (including phenoxy) is 1. The molecule has 0 aliphatic carbocycles. The summed E-state index contributed by atoms with van der Waals surface area (Å²) >= 11 is 0. The Morgan fingerprint density at radius 2 is 2.35 bits per heavy atom. The van der Waals surface area contributed by atoms with E-state index in [1.807, 2.05) is 0 Å². The molecule has 0 bridgehead atoms. The molecular formula is C10H15N3O6S. The summed E-state index contributed by atoms with van der Waals surface area (Å²) in [7, 11) is -3.68. The highest BCUT2D eigenvalue weighted by Crippen LogP contribution is 2.26. The molecule has 2 rings (SSSR count). The smallest absolute Gasteiger partial charge is 0.312 e. The van der Waals surface area contributed by atoms with E-state index in [-0.39, 0.29) is 17.6 Å². The molecule has 1 aliphatic rings. The highest BCUT2D eigenvalue weighted by atomic mass is 32.2. The van der Waals surface area contributed by atoms with Crippen molar-refractivity contribution >= 4 is 15.8 Å². The summed E-state index contributed by atoms with van der Waals surface area (Å²) in [5, 5.41) is 15.0. The van der Waals surface area contributed by atoms with Gasteiger partial charge < -0.3 is 4.74 Å². The van der Waals surface area contributed by atoms with Gasteiger partial charge in [0.25, 0.3) is 10.1 Å². The molecule has 0 saturated carbocycles. The van der Waals surface area contributed by atoms with Gasteiger partial charge in [0.15, 0.2) is 5.69 Å². The standard InChI is InChI=1S/C10H15N3O6S/c1-20(16,17)19-7-8-9(13(14)15)6-12(11-8)10-4-2-3-5-18-10/h6,10H,2-5,7H2,1H3. The van der Waals surface area contributed by atoms with E-state index in [1.54, 1.807) is 0 Å². The molecule has 0 amide bonds. The Bertz CT molecular complexity index is 590. The lowest BCUT2D eigenvalue weighted by atomic mass is 10.2. The second kappa shape index (κ2) is 5.85. The fourth-order valence-corrected chi connectivity index (χ4v) is 2.24. The van der Waals surface area contributed by atoms with Crippen molar-refractivity contribution < 1.29 is 22.3 Å². The van der Waals surface area contributed by atoms with Crippen LogP contribution < -0.4 is 0 Å². The Kier molecular flexibility index (Phi) is 4.35. The first kappa shape index (κ1) is 14.9. The Morgan fingerprint density at radius 3 is 2.90 bits per heavy atom. The minimum atomic E-state index is -3.68. The van der Waals surface area contributed by atoms with Crippen LogP contribution in [0.3, 0.4) is 0 Å². The normalized spacial score (nSPS) is 19.9. The van der Waals surface area contributed by atoms with Gasteiger partial charge in [-0.1, -0.05) is 0 Å². The zero-order chi connectivity index (χ0) is 14.8.